The lowest BCUT2D eigenvalue weighted by molar-refractivity contribution is -0.141. The molecule has 1 aromatic rings. The number of carbonyl (C=O) groups excluding carboxylic acids is 1. The molecular formula is C13H12FNO2. The van der Waals surface area contributed by atoms with Crippen LogP contribution in [0.4, 0.5) is 4.39 Å². The molecule has 0 aromatic heterocycles. The second-order valence-electron chi connectivity index (χ2n) is 3.64. The number of hydrogen-bond donors (Lipinski definition) is 0. The summed E-state index contributed by atoms with van der Waals surface area (Å²) < 4.78 is 18.3. The fourth-order valence-corrected chi connectivity index (χ4v) is 1.23. The van der Waals surface area contributed by atoms with E-state index in [2.05, 4.69) is 0 Å². The predicted octanol–water partition coefficient (Wildman–Crippen LogP) is 2.68. The quantitative estimate of drug-likeness (QED) is 0.458. The molecule has 0 aliphatic heterocycles. The zero-order valence-electron chi connectivity index (χ0n) is 9.61. The van der Waals surface area contributed by atoms with Crippen LogP contribution in [0, 0.1) is 17.1 Å². The van der Waals surface area contributed by atoms with Crippen LogP contribution in [0.3, 0.4) is 0 Å². The number of carbonyl (C=O) groups is 1. The van der Waals surface area contributed by atoms with Crippen LogP contribution in [0.1, 0.15) is 19.4 Å². The fraction of sp³-hybridized carbons (Fsp3) is 0.231. The van der Waals surface area contributed by atoms with Crippen molar-refractivity contribution in [2.24, 2.45) is 0 Å². The lowest BCUT2D eigenvalue weighted by atomic mass is 10.1. The molecule has 88 valence electrons. The maximum atomic E-state index is 13.4. The number of nitriles is 1. The summed E-state index contributed by atoms with van der Waals surface area (Å²) in [7, 11) is 0. The van der Waals surface area contributed by atoms with Gasteiger partial charge in [-0.05, 0) is 19.9 Å². The molecule has 0 aliphatic rings. The van der Waals surface area contributed by atoms with Gasteiger partial charge in [0.25, 0.3) is 0 Å². The lowest BCUT2D eigenvalue weighted by Gasteiger charge is -2.05. The minimum absolute atomic E-state index is 0.0475. The van der Waals surface area contributed by atoms with Crippen LogP contribution in [0.2, 0.25) is 0 Å². The van der Waals surface area contributed by atoms with Crippen molar-refractivity contribution in [3.05, 3.63) is 41.7 Å². The van der Waals surface area contributed by atoms with E-state index in [4.69, 9.17) is 10.00 Å². The molecular weight excluding hydrogens is 221 g/mol. The van der Waals surface area contributed by atoms with Gasteiger partial charge in [0, 0.05) is 11.6 Å². The Morgan fingerprint density at radius 2 is 2.12 bits per heavy atom. The second kappa shape index (κ2) is 5.80. The number of allylic oxidation sites excluding steroid dienone is 1. The highest BCUT2D eigenvalue weighted by atomic mass is 19.1. The van der Waals surface area contributed by atoms with Crippen molar-refractivity contribution >= 4 is 11.5 Å². The summed E-state index contributed by atoms with van der Waals surface area (Å²) in [6.07, 6.45) is 0.720. The van der Waals surface area contributed by atoms with E-state index in [0.29, 0.717) is 0 Å². The smallest absolute Gasteiger partial charge is 0.332 e. The normalized spacial score (nSPS) is 11.1. The zero-order chi connectivity index (χ0) is 12.8. The largest absolute Gasteiger partial charge is 0.460 e. The first-order valence-electron chi connectivity index (χ1n) is 5.12. The first-order chi connectivity index (χ1) is 8.04. The van der Waals surface area contributed by atoms with E-state index in [9.17, 15) is 9.18 Å². The maximum absolute atomic E-state index is 13.4. The number of benzene rings is 1. The Hall–Kier alpha value is -2.15. The van der Waals surface area contributed by atoms with E-state index in [1.807, 2.05) is 0 Å². The van der Waals surface area contributed by atoms with Crippen LogP contribution >= 0.6 is 0 Å². The summed E-state index contributed by atoms with van der Waals surface area (Å²) >= 11 is 0. The monoisotopic (exact) mass is 233 g/mol. The molecule has 0 spiro atoms. The highest BCUT2D eigenvalue weighted by Crippen LogP contribution is 2.17. The summed E-state index contributed by atoms with van der Waals surface area (Å²) in [5.41, 5.74) is 0.0458. The molecule has 0 fully saturated rings. The number of halogens is 1. The third kappa shape index (κ3) is 3.72. The Bertz CT molecular complexity index is 486. The molecule has 0 saturated carbocycles. The highest BCUT2D eigenvalue weighted by Gasteiger charge is 2.10. The summed E-state index contributed by atoms with van der Waals surface area (Å²) in [5, 5.41) is 8.89. The van der Waals surface area contributed by atoms with E-state index in [1.165, 1.54) is 18.2 Å². The third-order valence-electron chi connectivity index (χ3n) is 1.90. The van der Waals surface area contributed by atoms with Gasteiger partial charge in [-0.25, -0.2) is 9.18 Å². The Labute approximate surface area is 99.1 Å². The summed E-state index contributed by atoms with van der Waals surface area (Å²) in [4.78, 5) is 11.3. The summed E-state index contributed by atoms with van der Waals surface area (Å²) in [6.45, 7) is 3.39. The van der Waals surface area contributed by atoms with E-state index in [0.717, 1.165) is 6.08 Å². The average molecular weight is 233 g/mol. The Balaban J connectivity index is 3.01. The molecule has 1 rings (SSSR count). The molecule has 17 heavy (non-hydrogen) atoms. The van der Waals surface area contributed by atoms with Gasteiger partial charge >= 0.3 is 5.97 Å². The minimum atomic E-state index is -0.653. The highest BCUT2D eigenvalue weighted by molar-refractivity contribution is 5.95. The Morgan fingerprint density at radius 3 is 2.65 bits per heavy atom. The van der Waals surface area contributed by atoms with E-state index < -0.39 is 11.8 Å². The molecule has 0 amide bonds. The topological polar surface area (TPSA) is 50.1 Å². The van der Waals surface area contributed by atoms with Gasteiger partial charge in [0.1, 0.15) is 11.9 Å². The molecule has 0 saturated heterocycles. The van der Waals surface area contributed by atoms with Crippen LogP contribution in [0.5, 0.6) is 0 Å². The first kappa shape index (κ1) is 12.9. The summed E-state index contributed by atoms with van der Waals surface area (Å²) in [5.74, 6) is -1.20. The molecule has 0 aliphatic carbocycles. The van der Waals surface area contributed by atoms with Gasteiger partial charge in [0.05, 0.1) is 11.7 Å². The van der Waals surface area contributed by atoms with Crippen LogP contribution in [-0.2, 0) is 9.53 Å². The van der Waals surface area contributed by atoms with Crippen LogP contribution in [0.25, 0.3) is 5.57 Å². The molecule has 0 bridgehead atoms. The second-order valence-corrected chi connectivity index (χ2v) is 3.64. The van der Waals surface area contributed by atoms with Crippen molar-refractivity contribution in [3.63, 3.8) is 0 Å². The van der Waals surface area contributed by atoms with Gasteiger partial charge in [-0.1, -0.05) is 18.2 Å². The number of hydrogen-bond acceptors (Lipinski definition) is 3. The molecule has 0 atom stereocenters. The Kier molecular flexibility index (Phi) is 4.41. The molecule has 4 heteroatoms. The van der Waals surface area contributed by atoms with E-state index in [-0.39, 0.29) is 17.2 Å². The van der Waals surface area contributed by atoms with Crippen molar-refractivity contribution in [1.29, 1.82) is 5.26 Å². The van der Waals surface area contributed by atoms with E-state index >= 15 is 0 Å². The van der Waals surface area contributed by atoms with E-state index in [1.54, 1.807) is 26.0 Å². The Morgan fingerprint density at radius 1 is 1.47 bits per heavy atom. The van der Waals surface area contributed by atoms with Crippen molar-refractivity contribution in [3.8, 4) is 6.07 Å². The van der Waals surface area contributed by atoms with Gasteiger partial charge in [-0.15, -0.1) is 0 Å². The van der Waals surface area contributed by atoms with Crippen molar-refractivity contribution < 1.29 is 13.9 Å². The van der Waals surface area contributed by atoms with Gasteiger partial charge in [-0.2, -0.15) is 5.26 Å². The van der Waals surface area contributed by atoms with Gasteiger partial charge in [0.2, 0.25) is 0 Å². The zero-order valence-corrected chi connectivity index (χ0v) is 9.61. The molecule has 0 N–H and O–H groups in total. The third-order valence-corrected chi connectivity index (χ3v) is 1.90. The maximum Gasteiger partial charge on any atom is 0.332 e. The molecule has 3 nitrogen and oxygen atoms in total. The van der Waals surface area contributed by atoms with Crippen molar-refractivity contribution in [1.82, 2.24) is 0 Å². The van der Waals surface area contributed by atoms with Crippen LogP contribution < -0.4 is 0 Å². The molecule has 0 radical (unpaired) electrons. The van der Waals surface area contributed by atoms with Crippen LogP contribution in [0.15, 0.2) is 30.3 Å². The first-order valence-corrected chi connectivity index (χ1v) is 5.12. The number of esters is 1. The number of nitrogens with zero attached hydrogens (tertiary/aromatic N) is 1. The average Bonchev–Trinajstić information content (AvgIpc) is 2.26. The standard InChI is InChI=1S/C13H12FNO2/c1-9(2)17-13(16)7-10(8-15)11-5-3-4-6-12(11)14/h3-7,9H,1-2H3. The summed E-state index contributed by atoms with van der Waals surface area (Å²) in [6, 6.07) is 7.56. The SMILES string of the molecule is CC(C)OC(=O)C=C(C#N)c1ccccc1F. The minimum Gasteiger partial charge on any atom is -0.460 e. The van der Waals surface area contributed by atoms with Gasteiger partial charge in [-0.3, -0.25) is 0 Å². The van der Waals surface area contributed by atoms with Gasteiger partial charge in [0.15, 0.2) is 0 Å². The predicted molar refractivity (Wildman–Crippen MR) is 61.2 cm³/mol. The van der Waals surface area contributed by atoms with Gasteiger partial charge < -0.3 is 4.74 Å². The number of ether oxygens (including phenoxy) is 1. The molecule has 0 unspecified atom stereocenters. The fourth-order valence-electron chi connectivity index (χ4n) is 1.23. The lowest BCUT2D eigenvalue weighted by Crippen LogP contribution is -2.09. The molecule has 0 heterocycles. The molecule has 1 aromatic carbocycles. The number of rotatable bonds is 3. The van der Waals surface area contributed by atoms with Crippen LogP contribution in [-0.4, -0.2) is 12.1 Å². The van der Waals surface area contributed by atoms with Crippen molar-refractivity contribution in [2.45, 2.75) is 20.0 Å². The van der Waals surface area contributed by atoms with Crippen molar-refractivity contribution in [2.75, 3.05) is 0 Å².